The summed E-state index contributed by atoms with van der Waals surface area (Å²) in [7, 11) is -4.07. The Morgan fingerprint density at radius 1 is 0.918 bits per heavy atom. The van der Waals surface area contributed by atoms with E-state index in [1.54, 1.807) is 59.5 Å². The number of aliphatic hydroxyl groups is 1. The van der Waals surface area contributed by atoms with Gasteiger partial charge in [0.15, 0.2) is 0 Å². The smallest absolute Gasteiger partial charge is 0.266 e. The number of phenols is 2. The van der Waals surface area contributed by atoms with Crippen LogP contribution in [0.2, 0.25) is 0 Å². The van der Waals surface area contributed by atoms with Crippen LogP contribution in [0.1, 0.15) is 48.1 Å². The van der Waals surface area contributed by atoms with Crippen LogP contribution in [0.3, 0.4) is 0 Å². The number of hydrogen-bond donors (Lipinski definition) is 6. The molecule has 0 saturated carbocycles. The average Bonchev–Trinajstić information content (AvgIpc) is 3.06. The van der Waals surface area contributed by atoms with E-state index >= 15 is 0 Å². The highest BCUT2D eigenvalue weighted by molar-refractivity contribution is 7.85. The van der Waals surface area contributed by atoms with Gasteiger partial charge in [-0.2, -0.15) is 8.42 Å². The molecule has 1 fully saturated rings. The number of aliphatic hydroxyl groups excluding tert-OH is 1. The van der Waals surface area contributed by atoms with Gasteiger partial charge in [-0.1, -0.05) is 48.5 Å². The Balaban J connectivity index is 1.28. The van der Waals surface area contributed by atoms with Crippen molar-refractivity contribution >= 4 is 27.6 Å². The standard InChI is InChI=1S/C36H38FN3O8S/c37-27-9-6-24(7-10-27)32(42)15-14-31-35(30-13-8-26(21-33(30)43)25-2-1-3-29(41)20-25)40(36(31)45)28-11-4-23(5-12-28)22-39-34(44)16-17-38-18-19-49(46,47)48/h1-13,20-21,31-32,35,38,41-43H,14-19,22H2,(H,39,44)(H,46,47,48)/t31-,32+,35-/m1/s1. The van der Waals surface area contributed by atoms with Gasteiger partial charge >= 0.3 is 0 Å². The molecule has 5 rings (SSSR count). The van der Waals surface area contributed by atoms with Gasteiger partial charge in [0.05, 0.1) is 23.8 Å². The third kappa shape index (κ3) is 9.21. The summed E-state index contributed by atoms with van der Waals surface area (Å²) >= 11 is 0. The van der Waals surface area contributed by atoms with Crippen LogP contribution < -0.4 is 15.5 Å². The fraction of sp³-hybridized carbons (Fsp3) is 0.278. The number of hydrogen-bond acceptors (Lipinski definition) is 8. The van der Waals surface area contributed by atoms with Gasteiger partial charge in [-0.15, -0.1) is 0 Å². The van der Waals surface area contributed by atoms with Gasteiger partial charge in [0.25, 0.3) is 10.1 Å². The molecule has 1 heterocycles. The molecule has 0 bridgehead atoms. The maximum atomic E-state index is 13.7. The number of nitrogens with zero attached hydrogens (tertiary/aromatic N) is 1. The highest BCUT2D eigenvalue weighted by Gasteiger charge is 2.49. The van der Waals surface area contributed by atoms with Crippen LogP contribution in [-0.2, 0) is 26.3 Å². The number of halogens is 1. The zero-order valence-electron chi connectivity index (χ0n) is 26.5. The number of amides is 2. The molecule has 6 N–H and O–H groups in total. The first kappa shape index (κ1) is 35.5. The zero-order chi connectivity index (χ0) is 35.1. The average molecular weight is 692 g/mol. The predicted octanol–water partition coefficient (Wildman–Crippen LogP) is 4.61. The lowest BCUT2D eigenvalue weighted by Crippen LogP contribution is -2.55. The fourth-order valence-corrected chi connectivity index (χ4v) is 6.32. The van der Waals surface area contributed by atoms with Gasteiger partial charge in [-0.3, -0.25) is 14.1 Å². The lowest BCUT2D eigenvalue weighted by Gasteiger charge is -2.48. The molecule has 4 aromatic carbocycles. The summed E-state index contributed by atoms with van der Waals surface area (Å²) in [6.45, 7) is 0.490. The first-order valence-corrected chi connectivity index (χ1v) is 17.4. The quantitative estimate of drug-likeness (QED) is 0.0591. The van der Waals surface area contributed by atoms with Gasteiger partial charge < -0.3 is 30.9 Å². The van der Waals surface area contributed by atoms with Gasteiger partial charge in [0.1, 0.15) is 17.3 Å². The molecular weight excluding hydrogens is 653 g/mol. The van der Waals surface area contributed by atoms with Crippen molar-refractivity contribution < 1.29 is 42.3 Å². The molecule has 4 aromatic rings. The molecule has 0 aliphatic carbocycles. The molecule has 2 amide bonds. The summed E-state index contributed by atoms with van der Waals surface area (Å²) in [5, 5.41) is 37.5. The Morgan fingerprint density at radius 3 is 2.31 bits per heavy atom. The minimum atomic E-state index is -4.07. The van der Waals surface area contributed by atoms with Crippen molar-refractivity contribution in [1.82, 2.24) is 10.6 Å². The van der Waals surface area contributed by atoms with Crippen LogP contribution >= 0.6 is 0 Å². The Bertz CT molecular complexity index is 1890. The topological polar surface area (TPSA) is 176 Å². The van der Waals surface area contributed by atoms with Crippen LogP contribution in [0.4, 0.5) is 10.1 Å². The first-order chi connectivity index (χ1) is 23.4. The van der Waals surface area contributed by atoms with E-state index in [0.717, 1.165) is 5.56 Å². The van der Waals surface area contributed by atoms with Crippen molar-refractivity contribution in [3.8, 4) is 22.6 Å². The summed E-state index contributed by atoms with van der Waals surface area (Å²) in [5.41, 5.74) is 3.80. The van der Waals surface area contributed by atoms with Gasteiger partial charge in [-0.05, 0) is 77.6 Å². The molecule has 49 heavy (non-hydrogen) atoms. The number of aromatic hydroxyl groups is 2. The lowest BCUT2D eigenvalue weighted by atomic mass is 9.77. The maximum absolute atomic E-state index is 13.7. The second-order valence-corrected chi connectivity index (χ2v) is 13.5. The molecular formula is C36H38FN3O8S. The number of benzene rings is 4. The second-order valence-electron chi connectivity index (χ2n) is 12.0. The zero-order valence-corrected chi connectivity index (χ0v) is 27.3. The van der Waals surface area contributed by atoms with Crippen molar-refractivity contribution in [1.29, 1.82) is 0 Å². The van der Waals surface area contributed by atoms with Crippen LogP contribution in [0.5, 0.6) is 11.5 Å². The molecule has 0 aromatic heterocycles. The molecule has 1 saturated heterocycles. The minimum Gasteiger partial charge on any atom is -0.508 e. The van der Waals surface area contributed by atoms with Crippen molar-refractivity contribution in [3.05, 3.63) is 114 Å². The number of anilines is 1. The first-order valence-electron chi connectivity index (χ1n) is 15.8. The number of carbonyl (C=O) groups excluding carboxylic acids is 2. The lowest BCUT2D eigenvalue weighted by molar-refractivity contribution is -0.131. The molecule has 11 nitrogen and oxygen atoms in total. The summed E-state index contributed by atoms with van der Waals surface area (Å²) in [5.74, 6) is -1.79. The van der Waals surface area contributed by atoms with Crippen molar-refractivity contribution in [2.24, 2.45) is 5.92 Å². The molecule has 258 valence electrons. The molecule has 0 spiro atoms. The molecule has 0 unspecified atom stereocenters. The van der Waals surface area contributed by atoms with Crippen molar-refractivity contribution in [2.75, 3.05) is 23.7 Å². The largest absolute Gasteiger partial charge is 0.508 e. The summed E-state index contributed by atoms with van der Waals surface area (Å²) in [4.78, 5) is 27.5. The summed E-state index contributed by atoms with van der Waals surface area (Å²) in [6, 6.07) is 23.9. The highest BCUT2D eigenvalue weighted by atomic mass is 32.2. The highest BCUT2D eigenvalue weighted by Crippen LogP contribution is 2.49. The van der Waals surface area contributed by atoms with E-state index in [-0.39, 0.29) is 55.8 Å². The van der Waals surface area contributed by atoms with E-state index in [9.17, 15) is 37.7 Å². The number of rotatable bonds is 15. The monoisotopic (exact) mass is 691 g/mol. The van der Waals surface area contributed by atoms with E-state index < -0.39 is 39.8 Å². The molecule has 0 radical (unpaired) electrons. The predicted molar refractivity (Wildman–Crippen MR) is 182 cm³/mol. The molecule has 1 aliphatic heterocycles. The van der Waals surface area contributed by atoms with Gasteiger partial charge in [-0.25, -0.2) is 4.39 Å². The van der Waals surface area contributed by atoms with E-state index in [1.807, 2.05) is 12.1 Å². The van der Waals surface area contributed by atoms with Crippen LogP contribution in [0, 0.1) is 11.7 Å². The molecule has 13 heteroatoms. The van der Waals surface area contributed by atoms with Crippen molar-refractivity contribution in [3.63, 3.8) is 0 Å². The van der Waals surface area contributed by atoms with Gasteiger partial charge in [0.2, 0.25) is 11.8 Å². The van der Waals surface area contributed by atoms with E-state index in [4.69, 9.17) is 4.55 Å². The fourth-order valence-electron chi connectivity index (χ4n) is 5.91. The third-order valence-corrected chi connectivity index (χ3v) is 9.24. The maximum Gasteiger partial charge on any atom is 0.266 e. The Kier molecular flexibility index (Phi) is 11.3. The number of nitrogens with one attached hydrogen (secondary N) is 2. The second kappa shape index (κ2) is 15.6. The van der Waals surface area contributed by atoms with E-state index in [2.05, 4.69) is 10.6 Å². The minimum absolute atomic E-state index is 0.0268. The van der Waals surface area contributed by atoms with E-state index in [1.165, 1.54) is 24.3 Å². The SMILES string of the molecule is O=C(CCNCCS(=O)(=O)O)NCc1ccc(N2C(=O)[C@H](CC[C@H](O)c3ccc(F)cc3)[C@H]2c2ccc(-c3cccc(O)c3)cc2O)cc1. The Labute approximate surface area is 283 Å². The third-order valence-electron chi connectivity index (χ3n) is 8.52. The number of β-lactam (4-membered cyclic amide) rings is 1. The summed E-state index contributed by atoms with van der Waals surface area (Å²) in [6.07, 6.45) is -0.255. The molecule has 3 atom stereocenters. The number of phenolic OH excluding ortho intramolecular Hbond substituents is 2. The Hall–Kier alpha value is -4.82. The number of carbonyl (C=O) groups is 2. The van der Waals surface area contributed by atoms with Crippen LogP contribution in [0.15, 0.2) is 91.0 Å². The summed E-state index contributed by atoms with van der Waals surface area (Å²) < 4.78 is 43.7. The van der Waals surface area contributed by atoms with Crippen LogP contribution in [-0.4, -0.2) is 58.9 Å². The van der Waals surface area contributed by atoms with E-state index in [0.29, 0.717) is 34.4 Å². The van der Waals surface area contributed by atoms with Crippen LogP contribution in [0.25, 0.3) is 11.1 Å². The normalized spacial score (nSPS) is 16.6. The van der Waals surface area contributed by atoms with Crippen molar-refractivity contribution in [2.45, 2.75) is 38.0 Å². The Morgan fingerprint density at radius 2 is 1.63 bits per heavy atom. The van der Waals surface area contributed by atoms with Gasteiger partial charge in [0, 0.05) is 37.3 Å². The molecule has 1 aliphatic rings.